The van der Waals surface area contributed by atoms with Gasteiger partial charge in [-0.25, -0.2) is 0 Å². The molecule has 4 heteroatoms. The molecule has 2 aromatic carbocycles. The van der Waals surface area contributed by atoms with Crippen LogP contribution in [0.4, 0.5) is 0 Å². The fourth-order valence-electron chi connectivity index (χ4n) is 3.66. The minimum absolute atomic E-state index is 0.00340. The number of carbonyl (C=O) groups excluding carboxylic acids is 2. The number of carbonyl (C=O) groups is 2. The molecule has 1 fully saturated rings. The molecule has 0 bridgehead atoms. The van der Waals surface area contributed by atoms with Gasteiger partial charge in [-0.05, 0) is 49.8 Å². The van der Waals surface area contributed by atoms with E-state index in [0.717, 1.165) is 31.2 Å². The van der Waals surface area contributed by atoms with Gasteiger partial charge in [-0.3, -0.25) is 9.59 Å². The predicted octanol–water partition coefficient (Wildman–Crippen LogP) is 4.08. The van der Waals surface area contributed by atoms with Gasteiger partial charge in [0.05, 0.1) is 0 Å². The molecule has 0 aliphatic carbocycles. The number of rotatable bonds is 7. The van der Waals surface area contributed by atoms with Gasteiger partial charge in [-0.1, -0.05) is 60.7 Å². The first kappa shape index (κ1) is 20.8. The zero-order valence-electron chi connectivity index (χ0n) is 17.1. The fraction of sp³-hybridized carbons (Fsp3) is 0.360. The Morgan fingerprint density at radius 1 is 1.03 bits per heavy atom. The zero-order chi connectivity index (χ0) is 20.5. The molecule has 29 heavy (non-hydrogen) atoms. The number of piperidine rings is 1. The van der Waals surface area contributed by atoms with Crippen LogP contribution in [0.3, 0.4) is 0 Å². The van der Waals surface area contributed by atoms with Crippen LogP contribution in [0.5, 0.6) is 0 Å². The van der Waals surface area contributed by atoms with E-state index < -0.39 is 0 Å². The Balaban J connectivity index is 1.39. The molecule has 0 aromatic heterocycles. The lowest BCUT2D eigenvalue weighted by atomic mass is 9.95. The SMILES string of the molecule is CC(CCc1ccccc1)NC(=O)C1CCN(C(=O)/C=C/c2ccccc2)CC1. The van der Waals surface area contributed by atoms with Crippen LogP contribution in [0.2, 0.25) is 0 Å². The summed E-state index contributed by atoms with van der Waals surface area (Å²) in [6, 6.07) is 20.3. The van der Waals surface area contributed by atoms with E-state index in [1.54, 1.807) is 6.08 Å². The summed E-state index contributed by atoms with van der Waals surface area (Å²) in [4.78, 5) is 26.8. The number of hydrogen-bond acceptors (Lipinski definition) is 2. The molecule has 1 heterocycles. The van der Waals surface area contributed by atoms with E-state index in [0.29, 0.717) is 13.1 Å². The highest BCUT2D eigenvalue weighted by atomic mass is 16.2. The summed E-state index contributed by atoms with van der Waals surface area (Å²) in [6.45, 7) is 3.33. The molecule has 3 rings (SSSR count). The van der Waals surface area contributed by atoms with Crippen LogP contribution in [0.25, 0.3) is 6.08 Å². The van der Waals surface area contributed by atoms with Gasteiger partial charge in [0.1, 0.15) is 0 Å². The molecule has 1 saturated heterocycles. The Hall–Kier alpha value is -2.88. The Labute approximate surface area is 173 Å². The van der Waals surface area contributed by atoms with Gasteiger partial charge in [0, 0.05) is 31.1 Å². The Bertz CT molecular complexity index is 809. The number of benzene rings is 2. The minimum atomic E-state index is -0.00340. The van der Waals surface area contributed by atoms with Crippen molar-refractivity contribution in [3.63, 3.8) is 0 Å². The molecule has 2 amide bonds. The third kappa shape index (κ3) is 6.60. The third-order valence-corrected chi connectivity index (χ3v) is 5.49. The van der Waals surface area contributed by atoms with Gasteiger partial charge in [0.2, 0.25) is 11.8 Å². The van der Waals surface area contributed by atoms with E-state index in [9.17, 15) is 9.59 Å². The van der Waals surface area contributed by atoms with Crippen LogP contribution < -0.4 is 5.32 Å². The second-order valence-corrected chi connectivity index (χ2v) is 7.78. The summed E-state index contributed by atoms with van der Waals surface area (Å²) in [7, 11) is 0. The van der Waals surface area contributed by atoms with Crippen LogP contribution in [0, 0.1) is 5.92 Å². The lowest BCUT2D eigenvalue weighted by Gasteiger charge is -2.31. The van der Waals surface area contributed by atoms with Crippen molar-refractivity contribution in [2.45, 2.75) is 38.6 Å². The van der Waals surface area contributed by atoms with Crippen molar-refractivity contribution in [3.8, 4) is 0 Å². The van der Waals surface area contributed by atoms with E-state index in [4.69, 9.17) is 0 Å². The van der Waals surface area contributed by atoms with Crippen LogP contribution in [-0.4, -0.2) is 35.8 Å². The number of likely N-dealkylation sites (tertiary alicyclic amines) is 1. The van der Waals surface area contributed by atoms with Gasteiger partial charge in [0.15, 0.2) is 0 Å². The van der Waals surface area contributed by atoms with E-state index >= 15 is 0 Å². The second-order valence-electron chi connectivity index (χ2n) is 7.78. The van der Waals surface area contributed by atoms with Crippen LogP contribution in [0.1, 0.15) is 37.3 Å². The average molecular weight is 391 g/mol. The largest absolute Gasteiger partial charge is 0.353 e. The molecule has 0 spiro atoms. The van der Waals surface area contributed by atoms with E-state index in [2.05, 4.69) is 24.4 Å². The molecular weight excluding hydrogens is 360 g/mol. The maximum atomic E-state index is 12.6. The first-order chi connectivity index (χ1) is 14.1. The van der Waals surface area contributed by atoms with Crippen LogP contribution in [0.15, 0.2) is 66.7 Å². The Kier molecular flexibility index (Phi) is 7.62. The molecule has 1 N–H and O–H groups in total. The molecule has 0 radical (unpaired) electrons. The second kappa shape index (κ2) is 10.6. The van der Waals surface area contributed by atoms with Crippen molar-refractivity contribution in [2.75, 3.05) is 13.1 Å². The normalized spacial score (nSPS) is 16.0. The summed E-state index contributed by atoms with van der Waals surface area (Å²) < 4.78 is 0. The summed E-state index contributed by atoms with van der Waals surface area (Å²) in [5, 5.41) is 3.15. The third-order valence-electron chi connectivity index (χ3n) is 5.49. The van der Waals surface area contributed by atoms with E-state index in [1.807, 2.05) is 59.5 Å². The highest BCUT2D eigenvalue weighted by Crippen LogP contribution is 2.18. The predicted molar refractivity (Wildman–Crippen MR) is 117 cm³/mol. The number of aryl methyl sites for hydroxylation is 1. The summed E-state index contributed by atoms with van der Waals surface area (Å²) in [6.07, 6.45) is 6.81. The zero-order valence-corrected chi connectivity index (χ0v) is 17.1. The number of amides is 2. The van der Waals surface area contributed by atoms with Crippen molar-refractivity contribution in [1.82, 2.24) is 10.2 Å². The molecule has 1 aliphatic rings. The van der Waals surface area contributed by atoms with Crippen molar-refractivity contribution < 1.29 is 9.59 Å². The Morgan fingerprint density at radius 2 is 1.66 bits per heavy atom. The lowest BCUT2D eigenvalue weighted by Crippen LogP contribution is -2.44. The molecule has 0 saturated carbocycles. The van der Waals surface area contributed by atoms with E-state index in [-0.39, 0.29) is 23.8 Å². The van der Waals surface area contributed by atoms with Gasteiger partial charge < -0.3 is 10.2 Å². The number of nitrogens with zero attached hydrogens (tertiary/aromatic N) is 1. The van der Waals surface area contributed by atoms with Crippen molar-refractivity contribution in [2.24, 2.45) is 5.92 Å². The van der Waals surface area contributed by atoms with Gasteiger partial charge in [0.25, 0.3) is 0 Å². The summed E-state index contributed by atoms with van der Waals surface area (Å²) in [5.41, 5.74) is 2.31. The molecule has 1 atom stereocenters. The van der Waals surface area contributed by atoms with E-state index in [1.165, 1.54) is 5.56 Å². The van der Waals surface area contributed by atoms with Crippen molar-refractivity contribution in [3.05, 3.63) is 77.9 Å². The molecule has 1 unspecified atom stereocenters. The number of hydrogen-bond donors (Lipinski definition) is 1. The summed E-state index contributed by atoms with van der Waals surface area (Å²) in [5.74, 6) is 0.137. The highest BCUT2D eigenvalue weighted by Gasteiger charge is 2.27. The monoisotopic (exact) mass is 390 g/mol. The topological polar surface area (TPSA) is 49.4 Å². The maximum Gasteiger partial charge on any atom is 0.246 e. The first-order valence-electron chi connectivity index (χ1n) is 10.5. The van der Waals surface area contributed by atoms with Crippen LogP contribution >= 0.6 is 0 Å². The van der Waals surface area contributed by atoms with Gasteiger partial charge in [-0.2, -0.15) is 0 Å². The highest BCUT2D eigenvalue weighted by molar-refractivity contribution is 5.92. The first-order valence-corrected chi connectivity index (χ1v) is 10.5. The quantitative estimate of drug-likeness (QED) is 0.725. The minimum Gasteiger partial charge on any atom is -0.353 e. The smallest absolute Gasteiger partial charge is 0.246 e. The fourth-order valence-corrected chi connectivity index (χ4v) is 3.66. The van der Waals surface area contributed by atoms with Crippen LogP contribution in [-0.2, 0) is 16.0 Å². The standard InChI is InChI=1S/C25H30N2O2/c1-20(12-13-21-8-4-2-5-9-21)26-25(29)23-16-18-27(19-17-23)24(28)15-14-22-10-6-3-7-11-22/h2-11,14-15,20,23H,12-13,16-19H2,1H3,(H,26,29)/b15-14+. The molecular formula is C25H30N2O2. The number of nitrogens with one attached hydrogen (secondary N) is 1. The van der Waals surface area contributed by atoms with Crippen molar-refractivity contribution in [1.29, 1.82) is 0 Å². The van der Waals surface area contributed by atoms with Crippen molar-refractivity contribution >= 4 is 17.9 Å². The lowest BCUT2D eigenvalue weighted by molar-refractivity contribution is -0.132. The maximum absolute atomic E-state index is 12.6. The average Bonchev–Trinajstić information content (AvgIpc) is 2.77. The van der Waals surface area contributed by atoms with Gasteiger partial charge >= 0.3 is 0 Å². The molecule has 1 aliphatic heterocycles. The van der Waals surface area contributed by atoms with Gasteiger partial charge in [-0.15, -0.1) is 0 Å². The molecule has 152 valence electrons. The summed E-state index contributed by atoms with van der Waals surface area (Å²) >= 11 is 0. The molecule has 4 nitrogen and oxygen atoms in total. The Morgan fingerprint density at radius 3 is 2.31 bits per heavy atom. The molecule has 2 aromatic rings.